The molecule has 0 bridgehead atoms. The van der Waals surface area contributed by atoms with Gasteiger partial charge in [0.05, 0.1) is 12.7 Å². The summed E-state index contributed by atoms with van der Waals surface area (Å²) in [5.41, 5.74) is 1.06. The minimum Gasteiger partial charge on any atom is -0.394 e. The molecule has 1 aromatic heterocycles. The fourth-order valence-electron chi connectivity index (χ4n) is 1.63. The van der Waals surface area contributed by atoms with E-state index >= 15 is 0 Å². The number of nitrogens with one attached hydrogen (secondary N) is 1. The minimum atomic E-state index is -0.824. The SMILES string of the molecule is CCN(CC)C(=O)c1cc(NCC(O)CO)ccn1. The highest BCUT2D eigenvalue weighted by Crippen LogP contribution is 2.10. The Bertz CT molecular complexity index is 408. The molecule has 0 saturated heterocycles. The van der Waals surface area contributed by atoms with Gasteiger partial charge in [0.25, 0.3) is 5.91 Å². The first-order chi connectivity index (χ1) is 9.12. The van der Waals surface area contributed by atoms with Crippen LogP contribution < -0.4 is 5.32 Å². The van der Waals surface area contributed by atoms with Crippen molar-refractivity contribution in [3.05, 3.63) is 24.0 Å². The van der Waals surface area contributed by atoms with E-state index in [1.54, 1.807) is 23.2 Å². The van der Waals surface area contributed by atoms with Crippen LogP contribution in [-0.2, 0) is 0 Å². The molecule has 1 rings (SSSR count). The largest absolute Gasteiger partial charge is 0.394 e. The molecule has 19 heavy (non-hydrogen) atoms. The third-order valence-corrected chi connectivity index (χ3v) is 2.78. The van der Waals surface area contributed by atoms with Gasteiger partial charge < -0.3 is 20.4 Å². The first-order valence-corrected chi connectivity index (χ1v) is 6.40. The molecule has 0 aliphatic heterocycles. The lowest BCUT2D eigenvalue weighted by Gasteiger charge is -2.18. The topological polar surface area (TPSA) is 85.7 Å². The van der Waals surface area contributed by atoms with Crippen LogP contribution in [0.5, 0.6) is 0 Å². The number of rotatable bonds is 7. The van der Waals surface area contributed by atoms with Gasteiger partial charge in [-0.05, 0) is 26.0 Å². The van der Waals surface area contributed by atoms with Crippen LogP contribution in [0.15, 0.2) is 18.3 Å². The van der Waals surface area contributed by atoms with Crippen molar-refractivity contribution in [3.8, 4) is 0 Å². The maximum Gasteiger partial charge on any atom is 0.272 e. The zero-order valence-corrected chi connectivity index (χ0v) is 11.3. The number of aliphatic hydroxyl groups excluding tert-OH is 2. The molecule has 0 radical (unpaired) electrons. The molecule has 3 N–H and O–H groups in total. The number of amides is 1. The van der Waals surface area contributed by atoms with Gasteiger partial charge in [-0.25, -0.2) is 0 Å². The van der Waals surface area contributed by atoms with Crippen molar-refractivity contribution in [2.24, 2.45) is 0 Å². The van der Waals surface area contributed by atoms with Crippen molar-refractivity contribution in [1.82, 2.24) is 9.88 Å². The van der Waals surface area contributed by atoms with Crippen LogP contribution in [0.1, 0.15) is 24.3 Å². The average molecular weight is 267 g/mol. The number of carbonyl (C=O) groups is 1. The molecule has 0 aliphatic carbocycles. The van der Waals surface area contributed by atoms with Crippen LogP contribution in [0.4, 0.5) is 5.69 Å². The Balaban J connectivity index is 2.73. The number of pyridine rings is 1. The summed E-state index contributed by atoms with van der Waals surface area (Å²) in [6.07, 6.45) is 0.722. The standard InChI is InChI=1S/C13H21N3O3/c1-3-16(4-2)13(19)12-7-10(5-6-14-12)15-8-11(18)9-17/h5-7,11,17-18H,3-4,8-9H2,1-2H3,(H,14,15). The molecular weight excluding hydrogens is 246 g/mol. The van der Waals surface area contributed by atoms with E-state index in [0.717, 1.165) is 0 Å². The fourth-order valence-corrected chi connectivity index (χ4v) is 1.63. The summed E-state index contributed by atoms with van der Waals surface area (Å²) in [6, 6.07) is 3.36. The Morgan fingerprint density at radius 3 is 2.74 bits per heavy atom. The van der Waals surface area contributed by atoms with E-state index in [1.807, 2.05) is 13.8 Å². The van der Waals surface area contributed by atoms with Crippen molar-refractivity contribution in [3.63, 3.8) is 0 Å². The monoisotopic (exact) mass is 267 g/mol. The van der Waals surface area contributed by atoms with E-state index in [1.165, 1.54) is 0 Å². The van der Waals surface area contributed by atoms with Gasteiger partial charge in [-0.3, -0.25) is 9.78 Å². The van der Waals surface area contributed by atoms with E-state index in [4.69, 9.17) is 5.11 Å². The van der Waals surface area contributed by atoms with Gasteiger partial charge in [0.1, 0.15) is 5.69 Å². The van der Waals surface area contributed by atoms with Crippen molar-refractivity contribution in [2.45, 2.75) is 20.0 Å². The number of hydrogen-bond acceptors (Lipinski definition) is 5. The highest BCUT2D eigenvalue weighted by atomic mass is 16.3. The lowest BCUT2D eigenvalue weighted by molar-refractivity contribution is 0.0767. The van der Waals surface area contributed by atoms with Gasteiger partial charge in [-0.15, -0.1) is 0 Å². The van der Waals surface area contributed by atoms with Crippen LogP contribution in [0.3, 0.4) is 0 Å². The number of aromatic nitrogens is 1. The van der Waals surface area contributed by atoms with E-state index in [0.29, 0.717) is 24.5 Å². The Labute approximate surface area is 113 Å². The van der Waals surface area contributed by atoms with Crippen LogP contribution in [-0.4, -0.2) is 58.3 Å². The summed E-state index contributed by atoms with van der Waals surface area (Å²) < 4.78 is 0. The molecule has 1 atom stereocenters. The third kappa shape index (κ3) is 4.50. The smallest absolute Gasteiger partial charge is 0.272 e. The molecule has 0 saturated carbocycles. The zero-order valence-electron chi connectivity index (χ0n) is 11.3. The summed E-state index contributed by atoms with van der Waals surface area (Å²) in [5, 5.41) is 20.9. The first-order valence-electron chi connectivity index (χ1n) is 6.40. The Kier molecular flexibility index (Phi) is 6.24. The van der Waals surface area contributed by atoms with Crippen molar-refractivity contribution >= 4 is 11.6 Å². The van der Waals surface area contributed by atoms with Gasteiger partial charge in [0, 0.05) is 31.5 Å². The van der Waals surface area contributed by atoms with Gasteiger partial charge in [0.2, 0.25) is 0 Å². The minimum absolute atomic E-state index is 0.114. The molecule has 1 amide bonds. The number of hydrogen-bond donors (Lipinski definition) is 3. The maximum absolute atomic E-state index is 12.1. The van der Waals surface area contributed by atoms with Gasteiger partial charge >= 0.3 is 0 Å². The zero-order chi connectivity index (χ0) is 14.3. The summed E-state index contributed by atoms with van der Waals surface area (Å²) in [4.78, 5) is 17.8. The van der Waals surface area contributed by atoms with Crippen LogP contribution >= 0.6 is 0 Å². The molecule has 6 nitrogen and oxygen atoms in total. The van der Waals surface area contributed by atoms with E-state index < -0.39 is 6.10 Å². The van der Waals surface area contributed by atoms with Crippen molar-refractivity contribution < 1.29 is 15.0 Å². The quantitative estimate of drug-likeness (QED) is 0.663. The number of carbonyl (C=O) groups excluding carboxylic acids is 1. The highest BCUT2D eigenvalue weighted by molar-refractivity contribution is 5.93. The van der Waals surface area contributed by atoms with Crippen molar-refractivity contribution in [1.29, 1.82) is 0 Å². The van der Waals surface area contributed by atoms with Crippen LogP contribution in [0, 0.1) is 0 Å². The van der Waals surface area contributed by atoms with Crippen molar-refractivity contribution in [2.75, 3.05) is 31.6 Å². The summed E-state index contributed by atoms with van der Waals surface area (Å²) in [6.45, 7) is 5.03. The van der Waals surface area contributed by atoms with Gasteiger partial charge in [-0.2, -0.15) is 0 Å². The first kappa shape index (κ1) is 15.4. The molecule has 0 fully saturated rings. The van der Waals surface area contributed by atoms with Gasteiger partial charge in [0.15, 0.2) is 0 Å². The van der Waals surface area contributed by atoms with E-state index in [-0.39, 0.29) is 19.1 Å². The molecule has 6 heteroatoms. The van der Waals surface area contributed by atoms with E-state index in [2.05, 4.69) is 10.3 Å². The Hall–Kier alpha value is -1.66. The number of nitrogens with zero attached hydrogens (tertiary/aromatic N) is 2. The van der Waals surface area contributed by atoms with Gasteiger partial charge in [-0.1, -0.05) is 0 Å². The predicted molar refractivity (Wildman–Crippen MR) is 73.1 cm³/mol. The molecule has 106 valence electrons. The molecule has 0 aliphatic rings. The molecule has 1 heterocycles. The summed E-state index contributed by atoms with van der Waals surface area (Å²) >= 11 is 0. The lowest BCUT2D eigenvalue weighted by Crippen LogP contribution is -2.31. The normalized spacial score (nSPS) is 12.0. The van der Waals surface area contributed by atoms with Crippen LogP contribution in [0.2, 0.25) is 0 Å². The molecule has 1 unspecified atom stereocenters. The Morgan fingerprint density at radius 1 is 1.47 bits per heavy atom. The lowest BCUT2D eigenvalue weighted by atomic mass is 10.2. The molecular formula is C13H21N3O3. The Morgan fingerprint density at radius 2 is 2.16 bits per heavy atom. The van der Waals surface area contributed by atoms with E-state index in [9.17, 15) is 9.90 Å². The highest BCUT2D eigenvalue weighted by Gasteiger charge is 2.14. The average Bonchev–Trinajstić information content (AvgIpc) is 2.46. The summed E-state index contributed by atoms with van der Waals surface area (Å²) in [5.74, 6) is -0.114. The third-order valence-electron chi connectivity index (χ3n) is 2.78. The second-order valence-electron chi connectivity index (χ2n) is 4.12. The predicted octanol–water partition coefficient (Wildman–Crippen LogP) is 0.329. The molecule has 1 aromatic rings. The van der Waals surface area contributed by atoms with Crippen LogP contribution in [0.25, 0.3) is 0 Å². The number of aliphatic hydroxyl groups is 2. The number of anilines is 1. The second kappa shape index (κ2) is 7.70. The second-order valence-corrected chi connectivity index (χ2v) is 4.12. The maximum atomic E-state index is 12.1. The fraction of sp³-hybridized carbons (Fsp3) is 0.538. The molecule has 0 spiro atoms. The summed E-state index contributed by atoms with van der Waals surface area (Å²) in [7, 11) is 0. The molecule has 0 aromatic carbocycles.